The Labute approximate surface area is 123 Å². The van der Waals surface area contributed by atoms with Crippen molar-refractivity contribution in [3.05, 3.63) is 54.5 Å². The minimum Gasteiger partial charge on any atom is -0.373 e. The van der Waals surface area contributed by atoms with Gasteiger partial charge in [-0.25, -0.2) is 14.6 Å². The molecule has 21 heavy (non-hydrogen) atoms. The lowest BCUT2D eigenvalue weighted by Gasteiger charge is -2.09. The SMILES string of the molecule is CCc1nc(NC)cc(-c2ccnn2-c2ccccc2)n1. The highest BCUT2D eigenvalue weighted by Gasteiger charge is 2.11. The largest absolute Gasteiger partial charge is 0.373 e. The molecule has 0 fully saturated rings. The molecule has 2 heterocycles. The molecule has 0 radical (unpaired) electrons. The standard InChI is InChI=1S/C16H17N5/c1-3-15-19-13(11-16(17-2)20-15)14-9-10-18-21(14)12-7-5-4-6-8-12/h4-11H,3H2,1-2H3,(H,17,19,20). The minimum absolute atomic E-state index is 0.794. The highest BCUT2D eigenvalue weighted by Crippen LogP contribution is 2.22. The van der Waals surface area contributed by atoms with E-state index in [1.165, 1.54) is 0 Å². The summed E-state index contributed by atoms with van der Waals surface area (Å²) in [5, 5.41) is 7.49. The predicted molar refractivity (Wildman–Crippen MR) is 83.5 cm³/mol. The summed E-state index contributed by atoms with van der Waals surface area (Å²) >= 11 is 0. The van der Waals surface area contributed by atoms with Gasteiger partial charge in [-0.05, 0) is 18.2 Å². The fraction of sp³-hybridized carbons (Fsp3) is 0.188. The third-order valence-corrected chi connectivity index (χ3v) is 3.25. The molecule has 106 valence electrons. The van der Waals surface area contributed by atoms with Gasteiger partial charge in [0.2, 0.25) is 0 Å². The Morgan fingerprint density at radius 3 is 2.62 bits per heavy atom. The van der Waals surface area contributed by atoms with Crippen LogP contribution in [0.1, 0.15) is 12.7 Å². The summed E-state index contributed by atoms with van der Waals surface area (Å²) in [5.74, 6) is 1.63. The van der Waals surface area contributed by atoms with Gasteiger partial charge in [0.15, 0.2) is 0 Å². The zero-order valence-electron chi connectivity index (χ0n) is 12.1. The number of nitrogens with one attached hydrogen (secondary N) is 1. The Kier molecular flexibility index (Phi) is 3.64. The summed E-state index contributed by atoms with van der Waals surface area (Å²) in [5.41, 5.74) is 2.84. The molecule has 3 aromatic rings. The molecule has 0 atom stereocenters. The number of hydrogen-bond donors (Lipinski definition) is 1. The topological polar surface area (TPSA) is 55.6 Å². The average molecular weight is 279 g/mol. The van der Waals surface area contributed by atoms with E-state index < -0.39 is 0 Å². The smallest absolute Gasteiger partial charge is 0.131 e. The fourth-order valence-electron chi connectivity index (χ4n) is 2.19. The van der Waals surface area contributed by atoms with Crippen molar-refractivity contribution in [1.82, 2.24) is 19.7 Å². The zero-order chi connectivity index (χ0) is 14.7. The van der Waals surface area contributed by atoms with E-state index in [0.717, 1.165) is 35.1 Å². The molecule has 5 nitrogen and oxygen atoms in total. The Morgan fingerprint density at radius 2 is 1.90 bits per heavy atom. The normalized spacial score (nSPS) is 10.6. The number of benzene rings is 1. The first-order valence-corrected chi connectivity index (χ1v) is 6.97. The van der Waals surface area contributed by atoms with Crippen LogP contribution in [0.15, 0.2) is 48.7 Å². The average Bonchev–Trinajstić information content (AvgIpc) is 3.04. The number of hydrogen-bond acceptors (Lipinski definition) is 4. The van der Waals surface area contributed by atoms with E-state index in [1.54, 1.807) is 6.20 Å². The molecule has 0 unspecified atom stereocenters. The van der Waals surface area contributed by atoms with E-state index in [9.17, 15) is 0 Å². The first kappa shape index (κ1) is 13.3. The van der Waals surface area contributed by atoms with E-state index in [1.807, 2.05) is 61.1 Å². The van der Waals surface area contributed by atoms with Gasteiger partial charge in [-0.3, -0.25) is 0 Å². The molecule has 1 N–H and O–H groups in total. The number of nitrogens with zero attached hydrogens (tertiary/aromatic N) is 4. The van der Waals surface area contributed by atoms with Crippen LogP contribution in [0, 0.1) is 0 Å². The molecule has 0 aliphatic heterocycles. The van der Waals surface area contributed by atoms with Crippen LogP contribution in [0.5, 0.6) is 0 Å². The second kappa shape index (κ2) is 5.75. The zero-order valence-corrected chi connectivity index (χ0v) is 12.1. The number of para-hydroxylation sites is 1. The van der Waals surface area contributed by atoms with Crippen molar-refractivity contribution >= 4 is 5.82 Å². The maximum atomic E-state index is 4.62. The highest BCUT2D eigenvalue weighted by atomic mass is 15.3. The summed E-state index contributed by atoms with van der Waals surface area (Å²) in [4.78, 5) is 9.05. The number of aryl methyl sites for hydroxylation is 1. The van der Waals surface area contributed by atoms with Crippen molar-refractivity contribution in [2.45, 2.75) is 13.3 Å². The maximum Gasteiger partial charge on any atom is 0.131 e. The molecule has 0 bridgehead atoms. The summed E-state index contributed by atoms with van der Waals surface area (Å²) in [6.07, 6.45) is 2.58. The summed E-state index contributed by atoms with van der Waals surface area (Å²) in [6, 6.07) is 13.9. The van der Waals surface area contributed by atoms with Crippen molar-refractivity contribution in [3.8, 4) is 17.1 Å². The molecule has 0 aliphatic carbocycles. The van der Waals surface area contributed by atoms with Gasteiger partial charge in [-0.15, -0.1) is 0 Å². The van der Waals surface area contributed by atoms with E-state index in [4.69, 9.17) is 0 Å². The van der Waals surface area contributed by atoms with Gasteiger partial charge in [-0.1, -0.05) is 25.1 Å². The van der Waals surface area contributed by atoms with Crippen LogP contribution in [0.25, 0.3) is 17.1 Å². The van der Waals surface area contributed by atoms with E-state index in [0.29, 0.717) is 0 Å². The molecular weight excluding hydrogens is 262 g/mol. The van der Waals surface area contributed by atoms with Gasteiger partial charge >= 0.3 is 0 Å². The molecule has 0 spiro atoms. The first-order chi connectivity index (χ1) is 10.3. The van der Waals surface area contributed by atoms with Crippen LogP contribution in [0.4, 0.5) is 5.82 Å². The summed E-state index contributed by atoms with van der Waals surface area (Å²) in [6.45, 7) is 2.05. The van der Waals surface area contributed by atoms with Crippen molar-refractivity contribution < 1.29 is 0 Å². The van der Waals surface area contributed by atoms with Crippen LogP contribution < -0.4 is 5.32 Å². The van der Waals surface area contributed by atoms with Gasteiger partial charge in [0.25, 0.3) is 0 Å². The summed E-state index contributed by atoms with van der Waals surface area (Å²) < 4.78 is 1.89. The van der Waals surface area contributed by atoms with Crippen molar-refractivity contribution in [3.63, 3.8) is 0 Å². The van der Waals surface area contributed by atoms with Crippen molar-refractivity contribution in [2.75, 3.05) is 12.4 Å². The lowest BCUT2D eigenvalue weighted by molar-refractivity contribution is 0.875. The first-order valence-electron chi connectivity index (χ1n) is 6.97. The van der Waals surface area contributed by atoms with E-state index >= 15 is 0 Å². The van der Waals surface area contributed by atoms with Crippen LogP contribution >= 0.6 is 0 Å². The molecule has 0 aliphatic rings. The number of rotatable bonds is 4. The predicted octanol–water partition coefficient (Wildman–Crippen LogP) is 2.93. The molecule has 3 rings (SSSR count). The number of anilines is 1. The van der Waals surface area contributed by atoms with Crippen molar-refractivity contribution in [1.29, 1.82) is 0 Å². The van der Waals surface area contributed by atoms with Gasteiger partial charge in [-0.2, -0.15) is 5.10 Å². The van der Waals surface area contributed by atoms with Gasteiger partial charge in [0.05, 0.1) is 23.3 Å². The lowest BCUT2D eigenvalue weighted by Crippen LogP contribution is -2.04. The monoisotopic (exact) mass is 279 g/mol. The van der Waals surface area contributed by atoms with Crippen LogP contribution in [0.3, 0.4) is 0 Å². The minimum atomic E-state index is 0.794. The molecule has 0 saturated heterocycles. The Hall–Kier alpha value is -2.69. The Morgan fingerprint density at radius 1 is 1.10 bits per heavy atom. The van der Waals surface area contributed by atoms with Gasteiger partial charge < -0.3 is 5.32 Å². The quantitative estimate of drug-likeness (QED) is 0.797. The van der Waals surface area contributed by atoms with Crippen LogP contribution in [-0.2, 0) is 6.42 Å². The molecule has 0 saturated carbocycles. The van der Waals surface area contributed by atoms with E-state index in [-0.39, 0.29) is 0 Å². The highest BCUT2D eigenvalue weighted by molar-refractivity contribution is 5.61. The Balaban J connectivity index is 2.12. The third-order valence-electron chi connectivity index (χ3n) is 3.25. The molecule has 5 heteroatoms. The van der Waals surface area contributed by atoms with Crippen LogP contribution in [0.2, 0.25) is 0 Å². The number of aromatic nitrogens is 4. The lowest BCUT2D eigenvalue weighted by atomic mass is 10.2. The molecule has 2 aromatic heterocycles. The third kappa shape index (κ3) is 2.63. The van der Waals surface area contributed by atoms with Crippen molar-refractivity contribution in [2.24, 2.45) is 0 Å². The van der Waals surface area contributed by atoms with Gasteiger partial charge in [0.1, 0.15) is 11.6 Å². The molecular formula is C16H17N5. The molecule has 1 aromatic carbocycles. The van der Waals surface area contributed by atoms with Gasteiger partial charge in [0, 0.05) is 19.5 Å². The van der Waals surface area contributed by atoms with Crippen LogP contribution in [-0.4, -0.2) is 26.8 Å². The maximum absolute atomic E-state index is 4.62. The fourth-order valence-corrected chi connectivity index (χ4v) is 2.19. The van der Waals surface area contributed by atoms with E-state index in [2.05, 4.69) is 20.4 Å². The molecule has 0 amide bonds. The summed E-state index contributed by atoms with van der Waals surface area (Å²) in [7, 11) is 1.86. The second-order valence-electron chi connectivity index (χ2n) is 4.62. The second-order valence-corrected chi connectivity index (χ2v) is 4.62. The Bertz CT molecular complexity index is 711.